The van der Waals surface area contributed by atoms with Crippen molar-refractivity contribution in [2.24, 2.45) is 0 Å². The molecule has 0 spiro atoms. The fourth-order valence-corrected chi connectivity index (χ4v) is 2.76. The zero-order valence-electron chi connectivity index (χ0n) is 12.4. The number of nitrogens with zero attached hydrogens (tertiary/aromatic N) is 2. The van der Waals surface area contributed by atoms with Crippen molar-refractivity contribution < 1.29 is 18.5 Å². The second-order valence-electron chi connectivity index (χ2n) is 4.92. The number of carbonyl (C=O) groups excluding carboxylic acids is 1. The van der Waals surface area contributed by atoms with E-state index in [4.69, 9.17) is 0 Å². The summed E-state index contributed by atoms with van der Waals surface area (Å²) >= 11 is 1.05. The molecule has 0 radical (unpaired) electrons. The van der Waals surface area contributed by atoms with Crippen LogP contribution in [0.4, 0.5) is 19.6 Å². The molecule has 6 nitrogen and oxygen atoms in total. The number of amides is 1. The standard InChI is InChI=1S/C16H9F2N3O3S/c17-10-3-6-13(18)12(7-10)14-8-25-16(19-14)20-15(22)9-1-4-11(5-2-9)21(23)24/h1-8H,(H,19,20,22). The van der Waals surface area contributed by atoms with Gasteiger partial charge in [0, 0.05) is 28.6 Å². The Kier molecular flexibility index (Phi) is 4.48. The molecule has 3 rings (SSSR count). The van der Waals surface area contributed by atoms with Gasteiger partial charge >= 0.3 is 0 Å². The lowest BCUT2D eigenvalue weighted by molar-refractivity contribution is -0.384. The molecule has 126 valence electrons. The molecule has 0 aliphatic carbocycles. The quantitative estimate of drug-likeness (QED) is 0.556. The molecular weight excluding hydrogens is 352 g/mol. The number of halogens is 2. The van der Waals surface area contributed by atoms with Crippen molar-refractivity contribution in [1.82, 2.24) is 4.98 Å². The Morgan fingerprint density at radius 2 is 1.88 bits per heavy atom. The Labute approximate surface area is 143 Å². The molecule has 0 aliphatic rings. The zero-order chi connectivity index (χ0) is 18.0. The van der Waals surface area contributed by atoms with Crippen LogP contribution in [0.15, 0.2) is 47.8 Å². The molecule has 9 heteroatoms. The summed E-state index contributed by atoms with van der Waals surface area (Å²) in [5.41, 5.74) is 0.266. The average molecular weight is 361 g/mol. The summed E-state index contributed by atoms with van der Waals surface area (Å²) in [5, 5.41) is 14.8. The topological polar surface area (TPSA) is 85.1 Å². The molecule has 1 amide bonds. The highest BCUT2D eigenvalue weighted by atomic mass is 32.1. The average Bonchev–Trinajstić information content (AvgIpc) is 3.05. The van der Waals surface area contributed by atoms with Crippen LogP contribution in [0.25, 0.3) is 11.3 Å². The Bertz CT molecular complexity index is 958. The first-order valence-electron chi connectivity index (χ1n) is 6.91. The smallest absolute Gasteiger partial charge is 0.269 e. The number of benzene rings is 2. The predicted octanol–water partition coefficient (Wildman–Crippen LogP) is 4.25. The first-order valence-corrected chi connectivity index (χ1v) is 7.79. The van der Waals surface area contributed by atoms with E-state index in [9.17, 15) is 23.7 Å². The van der Waals surface area contributed by atoms with Crippen LogP contribution in [0.1, 0.15) is 10.4 Å². The lowest BCUT2D eigenvalue weighted by Crippen LogP contribution is -2.11. The number of aromatic nitrogens is 1. The monoisotopic (exact) mass is 361 g/mol. The first-order chi connectivity index (χ1) is 11.9. The summed E-state index contributed by atoms with van der Waals surface area (Å²) in [5.74, 6) is -1.74. The van der Waals surface area contributed by atoms with Crippen molar-refractivity contribution in [1.29, 1.82) is 0 Å². The SMILES string of the molecule is O=C(Nc1nc(-c2cc(F)ccc2F)cs1)c1ccc([N+](=O)[O-])cc1. The molecule has 1 aromatic heterocycles. The molecule has 1 N–H and O–H groups in total. The van der Waals surface area contributed by atoms with E-state index in [2.05, 4.69) is 10.3 Å². The first kappa shape index (κ1) is 16.7. The van der Waals surface area contributed by atoms with Crippen LogP contribution in [-0.2, 0) is 0 Å². The van der Waals surface area contributed by atoms with Gasteiger partial charge in [-0.2, -0.15) is 0 Å². The number of nitro benzene ring substituents is 1. The van der Waals surface area contributed by atoms with E-state index in [1.54, 1.807) is 0 Å². The van der Waals surface area contributed by atoms with Crippen LogP contribution in [0.2, 0.25) is 0 Å². The van der Waals surface area contributed by atoms with E-state index in [1.165, 1.54) is 29.6 Å². The molecule has 3 aromatic rings. The van der Waals surface area contributed by atoms with Crippen molar-refractivity contribution in [3.63, 3.8) is 0 Å². The minimum absolute atomic E-state index is 0.00733. The number of hydrogen-bond donors (Lipinski definition) is 1. The zero-order valence-corrected chi connectivity index (χ0v) is 13.2. The van der Waals surface area contributed by atoms with Gasteiger partial charge in [0.15, 0.2) is 5.13 Å². The van der Waals surface area contributed by atoms with Crippen molar-refractivity contribution in [2.75, 3.05) is 5.32 Å². The van der Waals surface area contributed by atoms with Gasteiger partial charge in [-0.15, -0.1) is 11.3 Å². The van der Waals surface area contributed by atoms with Gasteiger partial charge < -0.3 is 0 Å². The van der Waals surface area contributed by atoms with E-state index < -0.39 is 22.5 Å². The van der Waals surface area contributed by atoms with Crippen molar-refractivity contribution in [3.05, 3.63) is 75.2 Å². The third-order valence-corrected chi connectivity index (χ3v) is 4.03. The summed E-state index contributed by atoms with van der Waals surface area (Å²) in [6.07, 6.45) is 0. The second-order valence-corrected chi connectivity index (χ2v) is 5.78. The molecular formula is C16H9F2N3O3S. The molecule has 0 saturated heterocycles. The van der Waals surface area contributed by atoms with Crippen LogP contribution in [0.5, 0.6) is 0 Å². The summed E-state index contributed by atoms with van der Waals surface area (Å²) in [6, 6.07) is 8.07. The van der Waals surface area contributed by atoms with Gasteiger partial charge in [-0.05, 0) is 30.3 Å². The van der Waals surface area contributed by atoms with Gasteiger partial charge in [-0.25, -0.2) is 13.8 Å². The van der Waals surface area contributed by atoms with Gasteiger partial charge in [0.05, 0.1) is 10.6 Å². The number of nitrogens with one attached hydrogen (secondary N) is 1. The highest BCUT2D eigenvalue weighted by Crippen LogP contribution is 2.28. The van der Waals surface area contributed by atoms with Crippen LogP contribution < -0.4 is 5.32 Å². The lowest BCUT2D eigenvalue weighted by atomic mass is 10.1. The van der Waals surface area contributed by atoms with Crippen LogP contribution in [0.3, 0.4) is 0 Å². The number of non-ortho nitro benzene ring substituents is 1. The third-order valence-electron chi connectivity index (χ3n) is 3.27. The second kappa shape index (κ2) is 6.73. The van der Waals surface area contributed by atoms with Crippen molar-refractivity contribution in [3.8, 4) is 11.3 Å². The van der Waals surface area contributed by atoms with E-state index in [0.29, 0.717) is 0 Å². The maximum atomic E-state index is 13.8. The Balaban J connectivity index is 1.78. The van der Waals surface area contributed by atoms with Crippen LogP contribution in [0, 0.1) is 21.7 Å². The lowest BCUT2D eigenvalue weighted by Gasteiger charge is -2.02. The van der Waals surface area contributed by atoms with E-state index >= 15 is 0 Å². The van der Waals surface area contributed by atoms with Gasteiger partial charge in [0.1, 0.15) is 11.6 Å². The van der Waals surface area contributed by atoms with Crippen LogP contribution in [-0.4, -0.2) is 15.8 Å². The van der Waals surface area contributed by atoms with Crippen molar-refractivity contribution >= 4 is 28.1 Å². The van der Waals surface area contributed by atoms with E-state index in [-0.39, 0.29) is 27.6 Å². The number of nitro groups is 1. The Hall–Kier alpha value is -3.20. The molecule has 0 unspecified atom stereocenters. The molecule has 1 heterocycles. The van der Waals surface area contributed by atoms with Gasteiger partial charge in [-0.1, -0.05) is 0 Å². The number of rotatable bonds is 4. The summed E-state index contributed by atoms with van der Waals surface area (Å²) in [6.45, 7) is 0. The Morgan fingerprint density at radius 3 is 2.56 bits per heavy atom. The van der Waals surface area contributed by atoms with E-state index in [0.717, 1.165) is 29.5 Å². The van der Waals surface area contributed by atoms with E-state index in [1.807, 2.05) is 0 Å². The number of hydrogen-bond acceptors (Lipinski definition) is 5. The molecule has 0 bridgehead atoms. The molecule has 0 fully saturated rings. The van der Waals surface area contributed by atoms with Gasteiger partial charge in [-0.3, -0.25) is 20.2 Å². The fourth-order valence-electron chi connectivity index (χ4n) is 2.05. The Morgan fingerprint density at radius 1 is 1.16 bits per heavy atom. The maximum Gasteiger partial charge on any atom is 0.269 e. The molecule has 25 heavy (non-hydrogen) atoms. The summed E-state index contributed by atoms with van der Waals surface area (Å²) in [4.78, 5) is 26.2. The largest absolute Gasteiger partial charge is 0.298 e. The highest BCUT2D eigenvalue weighted by molar-refractivity contribution is 7.14. The molecule has 0 aliphatic heterocycles. The summed E-state index contributed by atoms with van der Waals surface area (Å²) in [7, 11) is 0. The van der Waals surface area contributed by atoms with Crippen molar-refractivity contribution in [2.45, 2.75) is 0 Å². The minimum Gasteiger partial charge on any atom is -0.298 e. The molecule has 0 saturated carbocycles. The highest BCUT2D eigenvalue weighted by Gasteiger charge is 2.14. The van der Waals surface area contributed by atoms with Crippen LogP contribution >= 0.6 is 11.3 Å². The number of carbonyl (C=O) groups is 1. The van der Waals surface area contributed by atoms with Gasteiger partial charge in [0.25, 0.3) is 11.6 Å². The predicted molar refractivity (Wildman–Crippen MR) is 88.5 cm³/mol. The van der Waals surface area contributed by atoms with Gasteiger partial charge in [0.2, 0.25) is 0 Å². The number of anilines is 1. The molecule has 0 atom stereocenters. The maximum absolute atomic E-state index is 13.8. The third kappa shape index (κ3) is 3.66. The molecule has 2 aromatic carbocycles. The fraction of sp³-hybridized carbons (Fsp3) is 0. The summed E-state index contributed by atoms with van der Waals surface area (Å²) < 4.78 is 27.0. The number of thiazole rings is 1. The minimum atomic E-state index is -0.625. The normalized spacial score (nSPS) is 10.5.